The molecule has 0 aliphatic carbocycles. The Morgan fingerprint density at radius 3 is 2.00 bits per heavy atom. The predicted molar refractivity (Wildman–Crippen MR) is 85.7 cm³/mol. The molecule has 3 N–H and O–H groups in total. The Morgan fingerprint density at radius 1 is 1.00 bits per heavy atom. The van der Waals surface area contributed by atoms with Crippen molar-refractivity contribution >= 4 is 11.6 Å². The minimum Gasteiger partial charge on any atom is -0.508 e. The number of aliphatic hydroxyl groups excluding tert-OH is 1. The van der Waals surface area contributed by atoms with E-state index >= 15 is 0 Å². The second-order valence-electron chi connectivity index (χ2n) is 5.03. The van der Waals surface area contributed by atoms with Crippen LogP contribution in [0.4, 0.5) is 0 Å². The lowest BCUT2D eigenvalue weighted by atomic mass is 9.97. The summed E-state index contributed by atoms with van der Waals surface area (Å²) in [5, 5.41) is 23.0. The van der Waals surface area contributed by atoms with E-state index in [1.54, 1.807) is 12.1 Å². The summed E-state index contributed by atoms with van der Waals surface area (Å²) in [6.07, 6.45) is 0.832. The summed E-state index contributed by atoms with van der Waals surface area (Å²) < 4.78 is 0. The standard InChI is InChI=1S/C17H20ClNO2/c1-2-15(11-20)19-17(12-3-7-14(18)8-4-12)13-5-9-16(21)10-6-13/h3-10,15,17,19-21H,2,11H2,1H3/t15-,17?/m1/s1. The largest absolute Gasteiger partial charge is 0.508 e. The molecule has 21 heavy (non-hydrogen) atoms. The topological polar surface area (TPSA) is 52.5 Å². The van der Waals surface area contributed by atoms with Gasteiger partial charge in [-0.2, -0.15) is 0 Å². The van der Waals surface area contributed by atoms with Crippen LogP contribution in [0.5, 0.6) is 5.75 Å². The molecule has 0 radical (unpaired) electrons. The fourth-order valence-electron chi connectivity index (χ4n) is 2.24. The van der Waals surface area contributed by atoms with E-state index in [9.17, 15) is 10.2 Å². The average Bonchev–Trinajstić information content (AvgIpc) is 2.51. The summed E-state index contributed by atoms with van der Waals surface area (Å²) in [5.74, 6) is 0.239. The molecule has 0 amide bonds. The van der Waals surface area contributed by atoms with Crippen LogP contribution in [-0.4, -0.2) is 22.9 Å². The minimum atomic E-state index is -0.0556. The van der Waals surface area contributed by atoms with Crippen molar-refractivity contribution in [1.82, 2.24) is 5.32 Å². The first-order valence-electron chi connectivity index (χ1n) is 7.05. The Labute approximate surface area is 130 Å². The molecule has 2 rings (SSSR count). The van der Waals surface area contributed by atoms with Crippen molar-refractivity contribution in [3.63, 3.8) is 0 Å². The third-order valence-electron chi connectivity index (χ3n) is 3.55. The highest BCUT2D eigenvalue weighted by Crippen LogP contribution is 2.26. The van der Waals surface area contributed by atoms with Crippen LogP contribution in [0.25, 0.3) is 0 Å². The van der Waals surface area contributed by atoms with Gasteiger partial charge in [-0.15, -0.1) is 0 Å². The van der Waals surface area contributed by atoms with Gasteiger partial charge in [0.25, 0.3) is 0 Å². The van der Waals surface area contributed by atoms with Crippen molar-refractivity contribution in [2.75, 3.05) is 6.61 Å². The molecule has 0 fully saturated rings. The van der Waals surface area contributed by atoms with Gasteiger partial charge in [0.15, 0.2) is 0 Å². The smallest absolute Gasteiger partial charge is 0.115 e. The normalized spacial score (nSPS) is 13.9. The number of hydrogen-bond acceptors (Lipinski definition) is 3. The zero-order valence-corrected chi connectivity index (χ0v) is 12.7. The molecule has 0 heterocycles. The summed E-state index contributed by atoms with van der Waals surface area (Å²) in [5.41, 5.74) is 2.10. The molecule has 3 nitrogen and oxygen atoms in total. The fraction of sp³-hybridized carbons (Fsp3) is 0.294. The number of aliphatic hydroxyl groups is 1. The molecule has 0 saturated carbocycles. The second-order valence-corrected chi connectivity index (χ2v) is 5.47. The van der Waals surface area contributed by atoms with Crippen LogP contribution in [0, 0.1) is 0 Å². The van der Waals surface area contributed by atoms with Crippen LogP contribution in [0.1, 0.15) is 30.5 Å². The van der Waals surface area contributed by atoms with Crippen LogP contribution in [-0.2, 0) is 0 Å². The van der Waals surface area contributed by atoms with Gasteiger partial charge in [-0.3, -0.25) is 0 Å². The molecule has 0 aromatic heterocycles. The van der Waals surface area contributed by atoms with Crippen molar-refractivity contribution in [2.24, 2.45) is 0 Å². The zero-order valence-electron chi connectivity index (χ0n) is 12.0. The lowest BCUT2D eigenvalue weighted by molar-refractivity contribution is 0.232. The molecule has 2 atom stereocenters. The summed E-state index contributed by atoms with van der Waals surface area (Å²) in [6.45, 7) is 2.11. The van der Waals surface area contributed by atoms with Crippen molar-refractivity contribution < 1.29 is 10.2 Å². The summed E-state index contributed by atoms with van der Waals surface area (Å²) >= 11 is 5.95. The van der Waals surface area contributed by atoms with E-state index in [2.05, 4.69) is 5.32 Å². The number of aromatic hydroxyl groups is 1. The van der Waals surface area contributed by atoms with Crippen LogP contribution >= 0.6 is 11.6 Å². The Hall–Kier alpha value is -1.55. The van der Waals surface area contributed by atoms with Crippen LogP contribution < -0.4 is 5.32 Å². The van der Waals surface area contributed by atoms with E-state index in [-0.39, 0.29) is 24.4 Å². The van der Waals surface area contributed by atoms with Crippen LogP contribution in [0.3, 0.4) is 0 Å². The van der Waals surface area contributed by atoms with E-state index < -0.39 is 0 Å². The Morgan fingerprint density at radius 2 is 1.52 bits per heavy atom. The maximum Gasteiger partial charge on any atom is 0.115 e. The highest BCUT2D eigenvalue weighted by molar-refractivity contribution is 6.30. The maximum atomic E-state index is 9.44. The highest BCUT2D eigenvalue weighted by atomic mass is 35.5. The van der Waals surface area contributed by atoms with Gasteiger partial charge in [0.1, 0.15) is 5.75 Å². The first-order valence-corrected chi connectivity index (χ1v) is 7.43. The molecule has 0 aliphatic heterocycles. The Balaban J connectivity index is 2.33. The summed E-state index contributed by atoms with van der Waals surface area (Å²) in [7, 11) is 0. The van der Waals surface area contributed by atoms with Gasteiger partial charge in [-0.25, -0.2) is 0 Å². The molecule has 2 aromatic carbocycles. The zero-order chi connectivity index (χ0) is 15.2. The summed E-state index contributed by atoms with van der Waals surface area (Å²) in [4.78, 5) is 0. The molecule has 0 bridgehead atoms. The number of phenols is 1. The third kappa shape index (κ3) is 4.21. The number of rotatable bonds is 6. The molecule has 0 saturated heterocycles. The SMILES string of the molecule is CC[C@H](CO)NC(c1ccc(O)cc1)c1ccc(Cl)cc1. The number of hydrogen-bond donors (Lipinski definition) is 3. The Kier molecular flexibility index (Phi) is 5.62. The van der Waals surface area contributed by atoms with Gasteiger partial charge in [0.2, 0.25) is 0 Å². The summed E-state index contributed by atoms with van der Waals surface area (Å²) in [6, 6.07) is 14.7. The molecule has 1 unspecified atom stereocenters. The predicted octanol–water partition coefficient (Wildman–Crippen LogP) is 3.50. The lowest BCUT2D eigenvalue weighted by Crippen LogP contribution is -2.35. The maximum absolute atomic E-state index is 9.44. The monoisotopic (exact) mass is 305 g/mol. The third-order valence-corrected chi connectivity index (χ3v) is 3.80. The van der Waals surface area contributed by atoms with Crippen LogP contribution in [0.2, 0.25) is 5.02 Å². The molecule has 4 heteroatoms. The first-order chi connectivity index (χ1) is 10.1. The molecular formula is C17H20ClNO2. The first kappa shape index (κ1) is 15.8. The number of phenolic OH excluding ortho intramolecular Hbond substituents is 1. The van der Waals surface area contributed by atoms with E-state index in [1.165, 1.54) is 0 Å². The van der Waals surface area contributed by atoms with Gasteiger partial charge in [0, 0.05) is 11.1 Å². The molecule has 2 aromatic rings. The van der Waals surface area contributed by atoms with Crippen LogP contribution in [0.15, 0.2) is 48.5 Å². The van der Waals surface area contributed by atoms with Crippen molar-refractivity contribution in [2.45, 2.75) is 25.4 Å². The van der Waals surface area contributed by atoms with Crippen molar-refractivity contribution in [3.8, 4) is 5.75 Å². The van der Waals surface area contributed by atoms with Gasteiger partial charge >= 0.3 is 0 Å². The van der Waals surface area contributed by atoms with E-state index in [0.29, 0.717) is 5.02 Å². The van der Waals surface area contributed by atoms with E-state index in [1.807, 2.05) is 43.3 Å². The quantitative estimate of drug-likeness (QED) is 0.765. The molecular weight excluding hydrogens is 286 g/mol. The van der Waals surface area contributed by atoms with E-state index in [4.69, 9.17) is 11.6 Å². The number of halogens is 1. The highest BCUT2D eigenvalue weighted by Gasteiger charge is 2.17. The number of nitrogens with one attached hydrogen (secondary N) is 1. The average molecular weight is 306 g/mol. The number of benzene rings is 2. The van der Waals surface area contributed by atoms with Gasteiger partial charge in [0.05, 0.1) is 12.6 Å². The van der Waals surface area contributed by atoms with Crippen molar-refractivity contribution in [3.05, 3.63) is 64.7 Å². The second kappa shape index (κ2) is 7.46. The van der Waals surface area contributed by atoms with E-state index in [0.717, 1.165) is 17.5 Å². The molecule has 0 aliphatic rings. The van der Waals surface area contributed by atoms with Gasteiger partial charge in [-0.05, 0) is 41.8 Å². The lowest BCUT2D eigenvalue weighted by Gasteiger charge is -2.25. The van der Waals surface area contributed by atoms with Gasteiger partial charge in [-0.1, -0.05) is 42.8 Å². The van der Waals surface area contributed by atoms with Crippen molar-refractivity contribution in [1.29, 1.82) is 0 Å². The Bertz CT molecular complexity index is 505. The van der Waals surface area contributed by atoms with Gasteiger partial charge < -0.3 is 15.5 Å². The molecule has 0 spiro atoms. The fourth-order valence-corrected chi connectivity index (χ4v) is 2.37. The minimum absolute atomic E-state index is 0.0134. The molecule has 112 valence electrons.